The van der Waals surface area contributed by atoms with Crippen molar-refractivity contribution >= 4 is 14.7 Å². The monoisotopic (exact) mass is 616 g/mol. The van der Waals surface area contributed by atoms with Crippen LogP contribution in [0.15, 0.2) is 0 Å². The maximum absolute atomic E-state index is 15.0. The Kier molecular flexibility index (Phi) is 16.8. The Hall–Kier alpha value is 0.540. The zero-order chi connectivity index (χ0) is 29.3. The average Bonchev–Trinajstić information content (AvgIpc) is 3.01. The Morgan fingerprint density at radius 3 is 1.17 bits per heavy atom. The number of unbranched alkanes of at least 4 members (excludes halogenated alkanes) is 10. The number of phosphoric acid groups is 1. The van der Waals surface area contributed by atoms with Gasteiger partial charge in [-0.15, -0.1) is 0 Å². The van der Waals surface area contributed by atoms with Crippen molar-refractivity contribution < 1.29 is 17.9 Å². The molecule has 0 N–H and O–H groups in total. The van der Waals surface area contributed by atoms with Crippen LogP contribution in [0, 0.1) is 0 Å². The van der Waals surface area contributed by atoms with Crippen molar-refractivity contribution in [2.45, 2.75) is 204 Å². The fourth-order valence-electron chi connectivity index (χ4n) is 8.80. The summed E-state index contributed by atoms with van der Waals surface area (Å²) >= 11 is 0. The second-order valence-electron chi connectivity index (χ2n) is 14.3. The standard InChI is InChI=1S/C35H70O4P2/c1-4-6-8-10-12-23-31-37-40(36,38-32-24-13-11-9-7-5-2)39-41(3,33-25-17-14-18-26-33,34-27-19-15-20-28-34)35-29-21-16-22-30-35/h33-35H,4-32H2,1-3H3. The van der Waals surface area contributed by atoms with Gasteiger partial charge in [-0.2, -0.15) is 0 Å². The van der Waals surface area contributed by atoms with Crippen molar-refractivity contribution in [3.8, 4) is 0 Å². The first kappa shape index (κ1) is 36.0. The van der Waals surface area contributed by atoms with Crippen molar-refractivity contribution in [1.82, 2.24) is 0 Å². The molecule has 0 atom stereocenters. The zero-order valence-corrected chi connectivity index (χ0v) is 29.6. The molecule has 41 heavy (non-hydrogen) atoms. The molecule has 3 saturated carbocycles. The van der Waals surface area contributed by atoms with Crippen LogP contribution in [0.3, 0.4) is 0 Å². The van der Waals surface area contributed by atoms with E-state index < -0.39 is 14.7 Å². The van der Waals surface area contributed by atoms with E-state index in [0.29, 0.717) is 30.2 Å². The fourth-order valence-corrected chi connectivity index (χ4v) is 20.6. The van der Waals surface area contributed by atoms with Crippen LogP contribution < -0.4 is 0 Å². The predicted molar refractivity (Wildman–Crippen MR) is 181 cm³/mol. The predicted octanol–water partition coefficient (Wildman–Crippen LogP) is 13.0. The fraction of sp³-hybridized carbons (Fsp3) is 1.00. The third-order valence-corrected chi connectivity index (χ3v) is 22.1. The van der Waals surface area contributed by atoms with E-state index in [4.69, 9.17) is 13.4 Å². The second-order valence-corrected chi connectivity index (χ2v) is 22.0. The van der Waals surface area contributed by atoms with Crippen molar-refractivity contribution in [1.29, 1.82) is 0 Å². The Morgan fingerprint density at radius 2 is 0.829 bits per heavy atom. The summed E-state index contributed by atoms with van der Waals surface area (Å²) in [4.78, 5) is 0. The molecule has 0 spiro atoms. The van der Waals surface area contributed by atoms with Gasteiger partial charge in [0.2, 0.25) is 0 Å². The van der Waals surface area contributed by atoms with Gasteiger partial charge >= 0.3 is 257 Å². The van der Waals surface area contributed by atoms with Gasteiger partial charge in [0.1, 0.15) is 0 Å². The van der Waals surface area contributed by atoms with Gasteiger partial charge in [-0.1, -0.05) is 0 Å². The van der Waals surface area contributed by atoms with Gasteiger partial charge in [-0.05, 0) is 0 Å². The molecule has 0 bridgehead atoms. The first-order valence-corrected chi connectivity index (χ1v) is 22.8. The summed E-state index contributed by atoms with van der Waals surface area (Å²) in [6.45, 7) is 5.20. The molecule has 0 aromatic rings. The maximum atomic E-state index is 15.0. The minimum absolute atomic E-state index is 0.506. The van der Waals surface area contributed by atoms with E-state index in [9.17, 15) is 4.57 Å². The van der Waals surface area contributed by atoms with Crippen LogP contribution in [0.5, 0.6) is 0 Å². The van der Waals surface area contributed by atoms with E-state index >= 15 is 0 Å². The van der Waals surface area contributed by atoms with Gasteiger partial charge in [0.25, 0.3) is 0 Å². The van der Waals surface area contributed by atoms with E-state index in [1.165, 1.54) is 148 Å². The Balaban J connectivity index is 1.85. The number of phosphoric ester groups is 1. The Morgan fingerprint density at radius 1 is 0.512 bits per heavy atom. The average molecular weight is 617 g/mol. The Labute approximate surface area is 256 Å². The third-order valence-electron chi connectivity index (χ3n) is 11.3. The van der Waals surface area contributed by atoms with Crippen LogP contribution in [0.25, 0.3) is 0 Å². The SMILES string of the molecule is CCCCCCCCOP(=O)(OCCCCCCCC)OP(C)(C1CCCCC1)(C1CCCCC1)C1CCCCC1. The molecule has 0 aliphatic heterocycles. The molecule has 0 heterocycles. The summed E-state index contributed by atoms with van der Waals surface area (Å²) in [7, 11) is -3.67. The van der Waals surface area contributed by atoms with Crippen molar-refractivity contribution in [2.24, 2.45) is 0 Å². The first-order chi connectivity index (χ1) is 20.0. The summed E-state index contributed by atoms with van der Waals surface area (Å²) in [6.07, 6.45) is 33.8. The summed E-state index contributed by atoms with van der Waals surface area (Å²) in [5.74, 6) is 0. The van der Waals surface area contributed by atoms with Gasteiger partial charge in [0.05, 0.1) is 0 Å². The van der Waals surface area contributed by atoms with E-state index in [1.807, 2.05) is 0 Å². The third kappa shape index (κ3) is 10.6. The van der Waals surface area contributed by atoms with Crippen molar-refractivity contribution in [2.75, 3.05) is 19.9 Å². The van der Waals surface area contributed by atoms with Crippen LogP contribution in [0.4, 0.5) is 0 Å². The zero-order valence-electron chi connectivity index (χ0n) is 27.8. The van der Waals surface area contributed by atoms with E-state index in [1.54, 1.807) is 0 Å². The summed E-state index contributed by atoms with van der Waals surface area (Å²) in [5, 5.41) is 0. The quantitative estimate of drug-likeness (QED) is 0.0950. The normalized spacial score (nSPS) is 21.6. The van der Waals surface area contributed by atoms with Crippen LogP contribution in [0.1, 0.15) is 187 Å². The van der Waals surface area contributed by atoms with Crippen molar-refractivity contribution in [3.63, 3.8) is 0 Å². The molecule has 0 amide bonds. The molecule has 0 aromatic heterocycles. The van der Waals surface area contributed by atoms with Gasteiger partial charge in [0.15, 0.2) is 0 Å². The molecule has 6 heteroatoms. The first-order valence-electron chi connectivity index (χ1n) is 18.6. The molecule has 244 valence electrons. The molecule has 4 nitrogen and oxygen atoms in total. The molecule has 0 aromatic carbocycles. The minimum atomic E-state index is -3.67. The molecular weight excluding hydrogens is 546 g/mol. The molecule has 0 radical (unpaired) electrons. The molecule has 3 aliphatic carbocycles. The van der Waals surface area contributed by atoms with Gasteiger partial charge < -0.3 is 0 Å². The number of rotatable bonds is 21. The molecule has 3 aliphatic rings. The second kappa shape index (κ2) is 19.1. The van der Waals surface area contributed by atoms with E-state index in [2.05, 4.69) is 20.5 Å². The summed E-state index contributed by atoms with van der Waals surface area (Å²) in [6, 6.07) is 0. The summed E-state index contributed by atoms with van der Waals surface area (Å²) in [5.41, 5.74) is 1.72. The number of hydrogen-bond acceptors (Lipinski definition) is 4. The Bertz CT molecular complexity index is 655. The van der Waals surface area contributed by atoms with E-state index in [0.717, 1.165) is 25.7 Å². The van der Waals surface area contributed by atoms with Crippen molar-refractivity contribution in [3.05, 3.63) is 0 Å². The van der Waals surface area contributed by atoms with Gasteiger partial charge in [-0.3, -0.25) is 0 Å². The molecule has 0 saturated heterocycles. The van der Waals surface area contributed by atoms with E-state index in [-0.39, 0.29) is 0 Å². The van der Waals surface area contributed by atoms with Crippen LogP contribution in [-0.2, 0) is 17.9 Å². The van der Waals surface area contributed by atoms with Crippen LogP contribution in [-0.4, -0.2) is 36.9 Å². The van der Waals surface area contributed by atoms with Gasteiger partial charge in [0, 0.05) is 0 Å². The number of hydrogen-bond donors (Lipinski definition) is 0. The molecule has 3 rings (SSSR count). The summed E-state index contributed by atoms with van der Waals surface area (Å²) < 4.78 is 35.4. The van der Waals surface area contributed by atoms with Gasteiger partial charge in [-0.25, -0.2) is 0 Å². The van der Waals surface area contributed by atoms with Crippen LogP contribution in [0.2, 0.25) is 0 Å². The molecular formula is C35H70O4P2. The van der Waals surface area contributed by atoms with Crippen LogP contribution >= 0.6 is 14.7 Å². The molecule has 0 unspecified atom stereocenters. The molecule has 3 fully saturated rings. The topological polar surface area (TPSA) is 44.8 Å².